The van der Waals surface area contributed by atoms with Crippen LogP contribution in [0.3, 0.4) is 0 Å². The molecule has 32 heavy (non-hydrogen) atoms. The molecule has 4 rings (SSSR count). The number of hydrogen-bond acceptors (Lipinski definition) is 4. The molecule has 1 aliphatic heterocycles. The van der Waals surface area contributed by atoms with E-state index >= 15 is 0 Å². The Kier molecular flexibility index (Phi) is 5.75. The van der Waals surface area contributed by atoms with Crippen molar-refractivity contribution in [3.63, 3.8) is 0 Å². The minimum Gasteiger partial charge on any atom is -0.496 e. The molecule has 1 fully saturated rings. The molecule has 7 heteroatoms. The fourth-order valence-electron chi connectivity index (χ4n) is 5.20. The molecule has 0 aromatic heterocycles. The normalized spacial score (nSPS) is 22.7. The molecule has 2 aromatic carbocycles. The number of methoxy groups -OCH3 is 2. The number of nitrogens with two attached hydrogens (primary N) is 1. The monoisotopic (exact) mass is 437 g/mol. The molecular formula is C25H31N3O4. The predicted octanol–water partition coefficient (Wildman–Crippen LogP) is 4.03. The number of carbonyl (C=O) groups excluding carboxylic acids is 2. The van der Waals surface area contributed by atoms with Gasteiger partial charge in [-0.2, -0.15) is 0 Å². The van der Waals surface area contributed by atoms with Crippen molar-refractivity contribution < 1.29 is 19.1 Å². The van der Waals surface area contributed by atoms with Crippen LogP contribution in [0.25, 0.3) is 0 Å². The SMILES string of the molecule is COc1cc(C2(C(N)=O)CCC(N3Cc4c(ccc(OC)c4C)NC3=O)CC2)ccc1C. The zero-order chi connectivity index (χ0) is 23.0. The molecule has 1 aliphatic carbocycles. The number of hydrogen-bond donors (Lipinski definition) is 2. The predicted molar refractivity (Wildman–Crippen MR) is 123 cm³/mol. The number of carbonyl (C=O) groups is 2. The maximum atomic E-state index is 12.9. The van der Waals surface area contributed by atoms with Crippen molar-refractivity contribution in [1.82, 2.24) is 4.90 Å². The second-order valence-electron chi connectivity index (χ2n) is 8.84. The highest BCUT2D eigenvalue weighted by Crippen LogP contribution is 2.43. The van der Waals surface area contributed by atoms with Gasteiger partial charge < -0.3 is 25.4 Å². The highest BCUT2D eigenvalue weighted by atomic mass is 16.5. The number of nitrogens with one attached hydrogen (secondary N) is 1. The van der Waals surface area contributed by atoms with Crippen molar-refractivity contribution in [1.29, 1.82) is 0 Å². The number of fused-ring (bicyclic) bond motifs is 1. The molecular weight excluding hydrogens is 406 g/mol. The Morgan fingerprint density at radius 3 is 2.41 bits per heavy atom. The maximum Gasteiger partial charge on any atom is 0.322 e. The van der Waals surface area contributed by atoms with Crippen LogP contribution in [-0.2, 0) is 16.8 Å². The molecule has 0 unspecified atom stereocenters. The third-order valence-electron chi connectivity index (χ3n) is 7.28. The maximum absolute atomic E-state index is 12.9. The van der Waals surface area contributed by atoms with E-state index in [0.717, 1.165) is 39.4 Å². The first-order valence-corrected chi connectivity index (χ1v) is 11.0. The summed E-state index contributed by atoms with van der Waals surface area (Å²) in [6, 6.07) is 9.57. The van der Waals surface area contributed by atoms with Gasteiger partial charge >= 0.3 is 6.03 Å². The van der Waals surface area contributed by atoms with Crippen LogP contribution in [0.4, 0.5) is 10.5 Å². The Morgan fingerprint density at radius 1 is 1.09 bits per heavy atom. The van der Waals surface area contributed by atoms with Crippen LogP contribution in [0.2, 0.25) is 0 Å². The van der Waals surface area contributed by atoms with Gasteiger partial charge in [0.05, 0.1) is 26.2 Å². The summed E-state index contributed by atoms with van der Waals surface area (Å²) < 4.78 is 10.9. The Labute approximate surface area is 188 Å². The van der Waals surface area contributed by atoms with Crippen molar-refractivity contribution in [2.24, 2.45) is 5.73 Å². The summed E-state index contributed by atoms with van der Waals surface area (Å²) >= 11 is 0. The minimum absolute atomic E-state index is 0.0357. The molecule has 2 aliphatic rings. The first-order chi connectivity index (χ1) is 15.3. The Morgan fingerprint density at radius 2 is 1.78 bits per heavy atom. The Bertz CT molecular complexity index is 1060. The van der Waals surface area contributed by atoms with E-state index in [0.29, 0.717) is 32.2 Å². The van der Waals surface area contributed by atoms with Gasteiger partial charge in [-0.05, 0) is 74.4 Å². The zero-order valence-corrected chi connectivity index (χ0v) is 19.2. The largest absolute Gasteiger partial charge is 0.496 e. The first-order valence-electron chi connectivity index (χ1n) is 11.0. The molecule has 1 heterocycles. The highest BCUT2D eigenvalue weighted by molar-refractivity contribution is 5.93. The molecule has 0 radical (unpaired) electrons. The first kappa shape index (κ1) is 22.0. The van der Waals surface area contributed by atoms with Gasteiger partial charge in [0.1, 0.15) is 11.5 Å². The molecule has 0 atom stereocenters. The van der Waals surface area contributed by atoms with E-state index in [2.05, 4.69) is 5.32 Å². The number of nitrogens with zero attached hydrogens (tertiary/aromatic N) is 1. The number of primary amides is 1. The minimum atomic E-state index is -0.749. The van der Waals surface area contributed by atoms with E-state index in [-0.39, 0.29) is 18.0 Å². The van der Waals surface area contributed by atoms with Crippen LogP contribution in [0.5, 0.6) is 11.5 Å². The second kappa shape index (κ2) is 8.37. The highest BCUT2D eigenvalue weighted by Gasteiger charge is 2.44. The molecule has 3 amide bonds. The summed E-state index contributed by atoms with van der Waals surface area (Å²) in [5, 5.41) is 3.02. The van der Waals surface area contributed by atoms with E-state index in [1.54, 1.807) is 14.2 Å². The van der Waals surface area contributed by atoms with E-state index in [1.165, 1.54) is 0 Å². The van der Waals surface area contributed by atoms with Gasteiger partial charge in [-0.15, -0.1) is 0 Å². The molecule has 7 nitrogen and oxygen atoms in total. The van der Waals surface area contributed by atoms with Crippen molar-refractivity contribution in [2.45, 2.75) is 57.5 Å². The number of anilines is 1. The zero-order valence-electron chi connectivity index (χ0n) is 19.2. The Balaban J connectivity index is 1.57. The fraction of sp³-hybridized carbons (Fsp3) is 0.440. The van der Waals surface area contributed by atoms with Crippen LogP contribution in [0, 0.1) is 13.8 Å². The van der Waals surface area contributed by atoms with Crippen LogP contribution in [0.15, 0.2) is 30.3 Å². The smallest absolute Gasteiger partial charge is 0.322 e. The van der Waals surface area contributed by atoms with E-state index in [1.807, 2.05) is 49.1 Å². The summed E-state index contributed by atoms with van der Waals surface area (Å²) in [7, 11) is 3.28. The summed E-state index contributed by atoms with van der Waals surface area (Å²) in [5.74, 6) is 1.24. The van der Waals surface area contributed by atoms with Gasteiger partial charge in [0.2, 0.25) is 5.91 Å². The van der Waals surface area contributed by atoms with Crippen molar-refractivity contribution in [3.8, 4) is 11.5 Å². The van der Waals surface area contributed by atoms with Crippen LogP contribution in [0.1, 0.15) is 47.9 Å². The summed E-state index contributed by atoms with van der Waals surface area (Å²) in [5.41, 5.74) is 10.0. The number of urea groups is 1. The van der Waals surface area contributed by atoms with E-state index in [9.17, 15) is 9.59 Å². The topological polar surface area (TPSA) is 93.9 Å². The lowest BCUT2D eigenvalue weighted by Gasteiger charge is -2.43. The van der Waals surface area contributed by atoms with Gasteiger partial charge in [0.25, 0.3) is 0 Å². The van der Waals surface area contributed by atoms with Crippen molar-refractivity contribution in [2.75, 3.05) is 19.5 Å². The third kappa shape index (κ3) is 3.55. The summed E-state index contributed by atoms with van der Waals surface area (Å²) in [6.07, 6.45) is 2.58. The van der Waals surface area contributed by atoms with Crippen LogP contribution < -0.4 is 20.5 Å². The second-order valence-corrected chi connectivity index (χ2v) is 8.84. The standard InChI is InChI=1S/C25H31N3O4/c1-15-5-6-17(13-22(15)32-4)25(23(26)29)11-9-18(10-12-25)28-14-19-16(2)21(31-3)8-7-20(19)27-24(28)30/h5-8,13,18H,9-12,14H2,1-4H3,(H2,26,29)(H,27,30). The molecule has 0 bridgehead atoms. The van der Waals surface area contributed by atoms with Crippen molar-refractivity contribution in [3.05, 3.63) is 52.6 Å². The number of ether oxygens (including phenoxy) is 2. The Hall–Kier alpha value is -3.22. The summed E-state index contributed by atoms with van der Waals surface area (Å²) in [6.45, 7) is 4.51. The van der Waals surface area contributed by atoms with E-state index < -0.39 is 5.41 Å². The third-order valence-corrected chi connectivity index (χ3v) is 7.28. The van der Waals surface area contributed by atoms with E-state index in [4.69, 9.17) is 15.2 Å². The van der Waals surface area contributed by atoms with Gasteiger partial charge in [0.15, 0.2) is 0 Å². The average molecular weight is 438 g/mol. The average Bonchev–Trinajstić information content (AvgIpc) is 2.79. The summed E-state index contributed by atoms with van der Waals surface area (Å²) in [4.78, 5) is 27.4. The molecule has 0 saturated heterocycles. The van der Waals surface area contributed by atoms with Crippen molar-refractivity contribution >= 4 is 17.6 Å². The van der Waals surface area contributed by atoms with Gasteiger partial charge in [-0.3, -0.25) is 4.79 Å². The molecule has 0 spiro atoms. The number of amides is 3. The van der Waals surface area contributed by atoms with Crippen LogP contribution >= 0.6 is 0 Å². The van der Waals surface area contributed by atoms with Gasteiger partial charge in [-0.1, -0.05) is 12.1 Å². The van der Waals surface area contributed by atoms with Gasteiger partial charge in [0, 0.05) is 17.3 Å². The lowest BCUT2D eigenvalue weighted by Crippen LogP contribution is -2.51. The van der Waals surface area contributed by atoms with Gasteiger partial charge in [-0.25, -0.2) is 4.79 Å². The molecule has 1 saturated carbocycles. The number of aryl methyl sites for hydroxylation is 1. The fourth-order valence-corrected chi connectivity index (χ4v) is 5.20. The molecule has 2 aromatic rings. The lowest BCUT2D eigenvalue weighted by molar-refractivity contribution is -0.125. The molecule has 3 N–H and O–H groups in total. The number of rotatable bonds is 5. The number of benzene rings is 2. The lowest BCUT2D eigenvalue weighted by atomic mass is 9.67. The van der Waals surface area contributed by atoms with Crippen LogP contribution in [-0.4, -0.2) is 37.1 Å². The quantitative estimate of drug-likeness (QED) is 0.738. The molecule has 170 valence electrons.